The molecule has 0 heterocycles. The van der Waals surface area contributed by atoms with Crippen LogP contribution in [0.5, 0.6) is 5.75 Å². The van der Waals surface area contributed by atoms with Crippen molar-refractivity contribution in [1.82, 2.24) is 5.32 Å². The van der Waals surface area contributed by atoms with Crippen molar-refractivity contribution in [2.24, 2.45) is 0 Å². The number of methoxy groups -OCH3 is 1. The first-order chi connectivity index (χ1) is 14.7. The van der Waals surface area contributed by atoms with Gasteiger partial charge in [0.15, 0.2) is 11.6 Å². The summed E-state index contributed by atoms with van der Waals surface area (Å²) in [6.45, 7) is 1.70. The first-order valence-electron chi connectivity index (χ1n) is 9.22. The molecule has 1 amide bonds. The molecule has 1 atom stereocenters. The van der Waals surface area contributed by atoms with Crippen LogP contribution in [0.15, 0.2) is 71.6 Å². The van der Waals surface area contributed by atoms with Gasteiger partial charge in [-0.25, -0.2) is 17.2 Å². The second kappa shape index (κ2) is 9.13. The molecule has 0 saturated heterocycles. The highest BCUT2D eigenvalue weighted by Gasteiger charge is 2.17. The van der Waals surface area contributed by atoms with Crippen LogP contribution in [0.4, 0.5) is 14.5 Å². The van der Waals surface area contributed by atoms with Crippen molar-refractivity contribution < 1.29 is 26.7 Å². The van der Waals surface area contributed by atoms with E-state index in [2.05, 4.69) is 10.0 Å². The fourth-order valence-electron chi connectivity index (χ4n) is 2.83. The predicted octanol–water partition coefficient (Wildman–Crippen LogP) is 4.27. The number of anilines is 1. The van der Waals surface area contributed by atoms with Crippen molar-refractivity contribution in [1.29, 1.82) is 0 Å². The van der Waals surface area contributed by atoms with Crippen molar-refractivity contribution >= 4 is 21.6 Å². The normalized spacial score (nSPS) is 12.1. The Morgan fingerprint density at radius 3 is 2.19 bits per heavy atom. The lowest BCUT2D eigenvalue weighted by molar-refractivity contribution is 0.0939. The highest BCUT2D eigenvalue weighted by atomic mass is 32.2. The average molecular weight is 446 g/mol. The molecule has 9 heteroatoms. The number of hydrogen-bond acceptors (Lipinski definition) is 4. The van der Waals surface area contributed by atoms with E-state index in [1.54, 1.807) is 13.0 Å². The van der Waals surface area contributed by atoms with Crippen molar-refractivity contribution in [3.63, 3.8) is 0 Å². The summed E-state index contributed by atoms with van der Waals surface area (Å²) >= 11 is 0. The van der Waals surface area contributed by atoms with Crippen LogP contribution in [-0.2, 0) is 10.0 Å². The third-order valence-corrected chi connectivity index (χ3v) is 5.94. The summed E-state index contributed by atoms with van der Waals surface area (Å²) in [5.41, 5.74) is 1.000. The number of sulfonamides is 1. The van der Waals surface area contributed by atoms with Crippen molar-refractivity contribution in [3.05, 3.63) is 89.5 Å². The van der Waals surface area contributed by atoms with Crippen LogP contribution in [0.1, 0.15) is 28.9 Å². The van der Waals surface area contributed by atoms with Crippen LogP contribution >= 0.6 is 0 Å². The fourth-order valence-corrected chi connectivity index (χ4v) is 3.89. The fraction of sp³-hybridized carbons (Fsp3) is 0.136. The standard InChI is InChI=1S/C22H20F2N2O4S/c1-14(16-5-12-21(30-2)20(24)13-16)25-22(27)15-3-10-19(11-4-15)31(28,29)26-18-8-6-17(23)7-9-18/h3-14,26H,1-2H3,(H,25,27). The monoisotopic (exact) mass is 446 g/mol. The number of carbonyl (C=O) groups is 1. The van der Waals surface area contributed by atoms with E-state index in [4.69, 9.17) is 4.74 Å². The van der Waals surface area contributed by atoms with Gasteiger partial charge in [0.25, 0.3) is 15.9 Å². The van der Waals surface area contributed by atoms with Gasteiger partial charge in [0.2, 0.25) is 0 Å². The predicted molar refractivity (Wildman–Crippen MR) is 112 cm³/mol. The Morgan fingerprint density at radius 1 is 0.968 bits per heavy atom. The Balaban J connectivity index is 1.69. The summed E-state index contributed by atoms with van der Waals surface area (Å²) in [4.78, 5) is 12.4. The van der Waals surface area contributed by atoms with E-state index < -0.39 is 33.6 Å². The van der Waals surface area contributed by atoms with Gasteiger partial charge < -0.3 is 10.1 Å². The van der Waals surface area contributed by atoms with E-state index in [-0.39, 0.29) is 21.9 Å². The van der Waals surface area contributed by atoms with E-state index in [0.29, 0.717) is 5.56 Å². The summed E-state index contributed by atoms with van der Waals surface area (Å²) in [5.74, 6) is -1.36. The Morgan fingerprint density at radius 2 is 1.61 bits per heavy atom. The molecule has 0 saturated carbocycles. The number of hydrogen-bond donors (Lipinski definition) is 2. The van der Waals surface area contributed by atoms with Gasteiger partial charge in [-0.15, -0.1) is 0 Å². The molecule has 6 nitrogen and oxygen atoms in total. The van der Waals surface area contributed by atoms with E-state index in [1.807, 2.05) is 0 Å². The number of rotatable bonds is 7. The van der Waals surface area contributed by atoms with Crippen LogP contribution in [0, 0.1) is 11.6 Å². The second-order valence-corrected chi connectivity index (χ2v) is 8.41. The largest absolute Gasteiger partial charge is 0.494 e. The summed E-state index contributed by atoms with van der Waals surface area (Å²) < 4.78 is 59.0. The summed E-state index contributed by atoms with van der Waals surface area (Å²) in [7, 11) is -2.54. The molecule has 0 spiro atoms. The van der Waals surface area contributed by atoms with Crippen LogP contribution in [-0.4, -0.2) is 21.4 Å². The lowest BCUT2D eigenvalue weighted by atomic mass is 10.1. The smallest absolute Gasteiger partial charge is 0.261 e. The van der Waals surface area contributed by atoms with Crippen LogP contribution in [0.2, 0.25) is 0 Å². The molecule has 31 heavy (non-hydrogen) atoms. The van der Waals surface area contributed by atoms with E-state index in [0.717, 1.165) is 12.1 Å². The maximum Gasteiger partial charge on any atom is 0.261 e. The SMILES string of the molecule is COc1ccc(C(C)NC(=O)c2ccc(S(=O)(=O)Nc3ccc(F)cc3)cc2)cc1F. The van der Waals surface area contributed by atoms with Gasteiger partial charge in [0.1, 0.15) is 5.82 Å². The highest BCUT2D eigenvalue weighted by molar-refractivity contribution is 7.92. The molecular weight excluding hydrogens is 426 g/mol. The molecule has 0 aromatic heterocycles. The number of ether oxygens (including phenoxy) is 1. The van der Waals surface area contributed by atoms with Gasteiger partial charge >= 0.3 is 0 Å². The maximum absolute atomic E-state index is 13.9. The molecule has 3 aromatic carbocycles. The maximum atomic E-state index is 13.9. The van der Waals surface area contributed by atoms with Gasteiger partial charge in [-0.05, 0) is 73.2 Å². The number of amides is 1. The summed E-state index contributed by atoms with van der Waals surface area (Å²) in [6, 6.07) is 14.1. The molecular formula is C22H20F2N2O4S. The molecule has 0 aliphatic rings. The van der Waals surface area contributed by atoms with Crippen LogP contribution in [0.25, 0.3) is 0 Å². The first-order valence-corrected chi connectivity index (χ1v) is 10.7. The Kier molecular flexibility index (Phi) is 6.55. The van der Waals surface area contributed by atoms with E-state index >= 15 is 0 Å². The lowest BCUT2D eigenvalue weighted by Crippen LogP contribution is -2.26. The molecule has 0 radical (unpaired) electrons. The molecule has 3 rings (SSSR count). The van der Waals surface area contributed by atoms with Gasteiger partial charge in [-0.2, -0.15) is 0 Å². The number of carbonyl (C=O) groups excluding carboxylic acids is 1. The Hall–Kier alpha value is -3.46. The minimum atomic E-state index is -3.90. The zero-order valence-corrected chi connectivity index (χ0v) is 17.5. The van der Waals surface area contributed by atoms with Crippen LogP contribution in [0.3, 0.4) is 0 Å². The van der Waals surface area contributed by atoms with Gasteiger partial charge in [-0.1, -0.05) is 6.07 Å². The number of benzene rings is 3. The molecule has 3 aromatic rings. The minimum Gasteiger partial charge on any atom is -0.494 e. The quantitative estimate of drug-likeness (QED) is 0.568. The van der Waals surface area contributed by atoms with Crippen molar-refractivity contribution in [3.8, 4) is 5.75 Å². The topological polar surface area (TPSA) is 84.5 Å². The van der Waals surface area contributed by atoms with Crippen molar-refractivity contribution in [2.45, 2.75) is 17.9 Å². The number of halogens is 2. The van der Waals surface area contributed by atoms with Gasteiger partial charge in [-0.3, -0.25) is 9.52 Å². The summed E-state index contributed by atoms with van der Waals surface area (Å²) in [6.07, 6.45) is 0. The third-order valence-electron chi connectivity index (χ3n) is 4.55. The Labute approximate surface area is 178 Å². The summed E-state index contributed by atoms with van der Waals surface area (Å²) in [5, 5.41) is 2.73. The van der Waals surface area contributed by atoms with E-state index in [1.165, 1.54) is 55.6 Å². The highest BCUT2D eigenvalue weighted by Crippen LogP contribution is 2.22. The molecule has 0 fully saturated rings. The van der Waals surface area contributed by atoms with Crippen LogP contribution < -0.4 is 14.8 Å². The molecule has 1 unspecified atom stereocenters. The molecule has 0 aliphatic heterocycles. The zero-order chi connectivity index (χ0) is 22.6. The van der Waals surface area contributed by atoms with E-state index in [9.17, 15) is 22.0 Å². The molecule has 0 bridgehead atoms. The molecule has 0 aliphatic carbocycles. The third kappa shape index (κ3) is 5.37. The van der Waals surface area contributed by atoms with Gasteiger partial charge in [0.05, 0.1) is 18.0 Å². The lowest BCUT2D eigenvalue weighted by Gasteiger charge is -2.15. The second-order valence-electron chi connectivity index (χ2n) is 6.73. The Bertz CT molecular complexity index is 1180. The molecule has 162 valence electrons. The zero-order valence-electron chi connectivity index (χ0n) is 16.7. The first kappa shape index (κ1) is 22.2. The van der Waals surface area contributed by atoms with Gasteiger partial charge in [0, 0.05) is 11.3 Å². The average Bonchev–Trinajstić information content (AvgIpc) is 2.75. The molecule has 2 N–H and O–H groups in total. The minimum absolute atomic E-state index is 0.0568. The van der Waals surface area contributed by atoms with Crippen molar-refractivity contribution in [2.75, 3.05) is 11.8 Å². The number of nitrogens with one attached hydrogen (secondary N) is 2.